The number of anilines is 2. The van der Waals surface area contributed by atoms with Crippen LogP contribution in [0.3, 0.4) is 0 Å². The number of nitrogen functional groups attached to an aromatic ring is 1. The Morgan fingerprint density at radius 2 is 2.00 bits per heavy atom. The molecule has 0 aliphatic rings. The molecule has 2 aromatic heterocycles. The minimum atomic E-state index is 0.721. The van der Waals surface area contributed by atoms with Gasteiger partial charge >= 0.3 is 0 Å². The molecule has 3 rings (SSSR count). The van der Waals surface area contributed by atoms with E-state index in [-0.39, 0.29) is 0 Å². The molecule has 0 radical (unpaired) electrons. The van der Waals surface area contributed by atoms with Crippen LogP contribution in [0.1, 0.15) is 15.6 Å². The number of hydrogen-bond acceptors (Lipinski definition) is 5. The summed E-state index contributed by atoms with van der Waals surface area (Å²) < 4.78 is 0. The van der Waals surface area contributed by atoms with Gasteiger partial charge in [-0.25, -0.2) is 4.98 Å². The minimum Gasteiger partial charge on any atom is -0.398 e. The number of hydrogen-bond donors (Lipinski definition) is 2. The molecule has 1 aromatic carbocycles. The molecule has 5 heteroatoms. The standard InChI is InChI=1S/C15H16N4S/c1-9-5-11-12(7-17-9)13(16)3-4-14(11)18-8-15-19-6-10(2)20-15/h3-7,18H,8,16H2,1-2H3. The molecular formula is C15H16N4S. The molecule has 102 valence electrons. The first-order valence-corrected chi connectivity index (χ1v) is 7.25. The number of fused-ring (bicyclic) bond motifs is 1. The van der Waals surface area contributed by atoms with Crippen LogP contribution in [0.2, 0.25) is 0 Å². The highest BCUT2D eigenvalue weighted by Crippen LogP contribution is 2.28. The van der Waals surface area contributed by atoms with Crippen LogP contribution >= 0.6 is 11.3 Å². The number of thiazole rings is 1. The molecule has 0 unspecified atom stereocenters. The van der Waals surface area contributed by atoms with Gasteiger partial charge in [-0.15, -0.1) is 11.3 Å². The molecule has 0 bridgehead atoms. The van der Waals surface area contributed by atoms with Crippen molar-refractivity contribution in [2.45, 2.75) is 20.4 Å². The highest BCUT2D eigenvalue weighted by atomic mass is 32.1. The predicted molar refractivity (Wildman–Crippen MR) is 85.1 cm³/mol. The second kappa shape index (κ2) is 5.09. The molecule has 0 fully saturated rings. The number of rotatable bonds is 3. The minimum absolute atomic E-state index is 0.721. The molecule has 20 heavy (non-hydrogen) atoms. The third-order valence-electron chi connectivity index (χ3n) is 3.17. The first-order valence-electron chi connectivity index (χ1n) is 6.43. The number of nitrogens with one attached hydrogen (secondary N) is 1. The fraction of sp³-hybridized carbons (Fsp3) is 0.200. The quantitative estimate of drug-likeness (QED) is 0.722. The van der Waals surface area contributed by atoms with Crippen molar-refractivity contribution in [1.29, 1.82) is 0 Å². The van der Waals surface area contributed by atoms with E-state index in [0.29, 0.717) is 0 Å². The van der Waals surface area contributed by atoms with Crippen molar-refractivity contribution in [3.05, 3.63) is 46.2 Å². The molecule has 0 aliphatic carbocycles. The lowest BCUT2D eigenvalue weighted by Gasteiger charge is -2.10. The van der Waals surface area contributed by atoms with Gasteiger partial charge in [0.2, 0.25) is 0 Å². The van der Waals surface area contributed by atoms with E-state index in [9.17, 15) is 0 Å². The van der Waals surface area contributed by atoms with Gasteiger partial charge in [0.05, 0.1) is 6.54 Å². The van der Waals surface area contributed by atoms with Crippen LogP contribution in [-0.4, -0.2) is 9.97 Å². The molecule has 0 atom stereocenters. The Morgan fingerprint density at radius 3 is 2.75 bits per heavy atom. The van der Waals surface area contributed by atoms with Crippen LogP contribution in [0.4, 0.5) is 11.4 Å². The molecule has 3 aromatic rings. The van der Waals surface area contributed by atoms with Gasteiger partial charge in [-0.05, 0) is 32.0 Å². The molecule has 0 amide bonds. The number of pyridine rings is 1. The van der Waals surface area contributed by atoms with E-state index in [2.05, 4.69) is 28.3 Å². The van der Waals surface area contributed by atoms with Crippen molar-refractivity contribution in [2.75, 3.05) is 11.1 Å². The maximum Gasteiger partial charge on any atom is 0.112 e. The van der Waals surface area contributed by atoms with E-state index in [0.717, 1.165) is 39.4 Å². The maximum atomic E-state index is 6.01. The highest BCUT2D eigenvalue weighted by Gasteiger charge is 2.06. The summed E-state index contributed by atoms with van der Waals surface area (Å²) in [6.45, 7) is 4.77. The Hall–Kier alpha value is -2.14. The average Bonchev–Trinajstić information content (AvgIpc) is 2.84. The van der Waals surface area contributed by atoms with Gasteiger partial charge in [0.15, 0.2) is 0 Å². The van der Waals surface area contributed by atoms with Crippen LogP contribution in [0.5, 0.6) is 0 Å². The zero-order valence-corrected chi connectivity index (χ0v) is 12.3. The maximum absolute atomic E-state index is 6.01. The molecule has 0 aliphatic heterocycles. The third kappa shape index (κ3) is 2.44. The number of nitrogens with zero attached hydrogens (tertiary/aromatic N) is 2. The summed E-state index contributed by atoms with van der Waals surface area (Å²) in [6, 6.07) is 5.98. The Kier molecular flexibility index (Phi) is 3.28. The third-order valence-corrected chi connectivity index (χ3v) is 4.08. The lowest BCUT2D eigenvalue weighted by molar-refractivity contribution is 1.10. The van der Waals surface area contributed by atoms with Gasteiger partial charge in [0, 0.05) is 45.1 Å². The van der Waals surface area contributed by atoms with Crippen LogP contribution in [-0.2, 0) is 6.54 Å². The number of aromatic nitrogens is 2. The normalized spacial score (nSPS) is 10.9. The van der Waals surface area contributed by atoms with E-state index in [4.69, 9.17) is 5.73 Å². The summed E-state index contributed by atoms with van der Waals surface area (Å²) >= 11 is 1.71. The lowest BCUT2D eigenvalue weighted by Crippen LogP contribution is -2.01. The second-order valence-electron chi connectivity index (χ2n) is 4.79. The molecular weight excluding hydrogens is 268 g/mol. The topological polar surface area (TPSA) is 63.8 Å². The lowest BCUT2D eigenvalue weighted by atomic mass is 10.1. The zero-order valence-electron chi connectivity index (χ0n) is 11.5. The van der Waals surface area contributed by atoms with E-state index >= 15 is 0 Å². The van der Waals surface area contributed by atoms with E-state index < -0.39 is 0 Å². The summed E-state index contributed by atoms with van der Waals surface area (Å²) in [4.78, 5) is 9.90. The van der Waals surface area contributed by atoms with Crippen molar-refractivity contribution in [3.63, 3.8) is 0 Å². The van der Waals surface area contributed by atoms with Gasteiger partial charge < -0.3 is 11.1 Å². The van der Waals surface area contributed by atoms with Crippen molar-refractivity contribution in [2.24, 2.45) is 0 Å². The summed E-state index contributed by atoms with van der Waals surface area (Å²) in [5, 5.41) is 6.60. The van der Waals surface area contributed by atoms with Gasteiger partial charge in [0.25, 0.3) is 0 Å². The van der Waals surface area contributed by atoms with E-state index in [1.807, 2.05) is 31.5 Å². The van der Waals surface area contributed by atoms with Gasteiger partial charge in [-0.1, -0.05) is 0 Å². The summed E-state index contributed by atoms with van der Waals surface area (Å²) in [6.07, 6.45) is 3.73. The molecule has 0 saturated carbocycles. The SMILES string of the molecule is Cc1cc2c(NCc3ncc(C)s3)ccc(N)c2cn1. The number of nitrogens with two attached hydrogens (primary N) is 1. The van der Waals surface area contributed by atoms with Crippen LogP contribution in [0.25, 0.3) is 10.8 Å². The van der Waals surface area contributed by atoms with Gasteiger partial charge in [-0.3, -0.25) is 4.98 Å². The molecule has 2 heterocycles. The zero-order chi connectivity index (χ0) is 14.1. The van der Waals surface area contributed by atoms with Crippen molar-refractivity contribution < 1.29 is 0 Å². The first kappa shape index (κ1) is 12.9. The average molecular weight is 284 g/mol. The Labute approximate surface area is 121 Å². The van der Waals surface area contributed by atoms with E-state index in [1.165, 1.54) is 4.88 Å². The summed E-state index contributed by atoms with van der Waals surface area (Å²) in [5.74, 6) is 0. The molecule has 4 nitrogen and oxygen atoms in total. The Bertz CT molecular complexity index is 764. The van der Waals surface area contributed by atoms with Crippen molar-refractivity contribution in [1.82, 2.24) is 9.97 Å². The molecule has 0 spiro atoms. The van der Waals surface area contributed by atoms with Crippen LogP contribution < -0.4 is 11.1 Å². The van der Waals surface area contributed by atoms with Gasteiger partial charge in [-0.2, -0.15) is 0 Å². The first-order chi connectivity index (χ1) is 9.63. The highest BCUT2D eigenvalue weighted by molar-refractivity contribution is 7.11. The number of benzene rings is 1. The fourth-order valence-electron chi connectivity index (χ4n) is 2.17. The van der Waals surface area contributed by atoms with Crippen molar-refractivity contribution >= 4 is 33.5 Å². The fourth-order valence-corrected chi connectivity index (χ4v) is 2.90. The Morgan fingerprint density at radius 1 is 1.15 bits per heavy atom. The second-order valence-corrected chi connectivity index (χ2v) is 6.11. The van der Waals surface area contributed by atoms with Crippen molar-refractivity contribution in [3.8, 4) is 0 Å². The largest absolute Gasteiger partial charge is 0.398 e. The monoisotopic (exact) mass is 284 g/mol. The summed E-state index contributed by atoms with van der Waals surface area (Å²) in [5.41, 5.74) is 8.81. The smallest absolute Gasteiger partial charge is 0.112 e. The Balaban J connectivity index is 1.95. The van der Waals surface area contributed by atoms with Crippen LogP contribution in [0, 0.1) is 13.8 Å². The summed E-state index contributed by atoms with van der Waals surface area (Å²) in [7, 11) is 0. The number of aryl methyl sites for hydroxylation is 2. The van der Waals surface area contributed by atoms with Gasteiger partial charge in [0.1, 0.15) is 5.01 Å². The van der Waals surface area contributed by atoms with Crippen LogP contribution in [0.15, 0.2) is 30.6 Å². The molecule has 0 saturated heterocycles. The predicted octanol–water partition coefficient (Wildman–Crippen LogP) is 3.50. The van der Waals surface area contributed by atoms with E-state index in [1.54, 1.807) is 11.3 Å². The molecule has 3 N–H and O–H groups in total.